The molecule has 2 heterocycles. The summed E-state index contributed by atoms with van der Waals surface area (Å²) in [6, 6.07) is 42.5. The highest BCUT2D eigenvalue weighted by Gasteiger charge is 2.37. The molecule has 0 unspecified atom stereocenters. The van der Waals surface area contributed by atoms with Gasteiger partial charge in [0.1, 0.15) is 23.0 Å². The highest BCUT2D eigenvalue weighted by molar-refractivity contribution is 6.35. The lowest BCUT2D eigenvalue weighted by molar-refractivity contribution is 0.0910. The Labute approximate surface area is 275 Å². The van der Waals surface area contributed by atoms with Gasteiger partial charge in [0, 0.05) is 12.1 Å². The van der Waals surface area contributed by atoms with E-state index < -0.39 is 0 Å². The fourth-order valence-corrected chi connectivity index (χ4v) is 5.92. The normalized spacial score (nSPS) is 13.5. The third kappa shape index (κ3) is 4.98. The largest absolute Gasteiger partial charge is 0.457 e. The molecule has 8 heteroatoms. The predicted octanol–water partition coefficient (Wildman–Crippen LogP) is 8.54. The minimum absolute atomic E-state index is 0.358. The number of imide groups is 2. The van der Waals surface area contributed by atoms with Crippen molar-refractivity contribution < 1.29 is 28.7 Å². The van der Waals surface area contributed by atoms with Crippen LogP contribution in [0.2, 0.25) is 0 Å². The van der Waals surface area contributed by atoms with E-state index in [-0.39, 0.29) is 23.6 Å². The topological polar surface area (TPSA) is 93.2 Å². The number of carbonyl (C=O) groups is 4. The number of rotatable bonds is 7. The molecule has 6 aromatic carbocycles. The molecular formula is C40H24N2O6. The smallest absolute Gasteiger partial charge is 0.266 e. The molecule has 8 rings (SSSR count). The van der Waals surface area contributed by atoms with Crippen molar-refractivity contribution in [3.05, 3.63) is 168 Å². The highest BCUT2D eigenvalue weighted by Crippen LogP contribution is 2.35. The zero-order chi connectivity index (χ0) is 32.8. The van der Waals surface area contributed by atoms with Gasteiger partial charge in [0.15, 0.2) is 0 Å². The van der Waals surface area contributed by atoms with E-state index in [9.17, 15) is 19.2 Å². The minimum Gasteiger partial charge on any atom is -0.457 e. The van der Waals surface area contributed by atoms with Gasteiger partial charge in [-0.3, -0.25) is 19.2 Å². The monoisotopic (exact) mass is 628 g/mol. The average molecular weight is 629 g/mol. The summed E-state index contributed by atoms with van der Waals surface area (Å²) in [6.07, 6.45) is 0. The van der Waals surface area contributed by atoms with Crippen LogP contribution in [0.25, 0.3) is 11.1 Å². The summed E-state index contributed by atoms with van der Waals surface area (Å²) in [5.41, 5.74) is 4.34. The second-order valence-electron chi connectivity index (χ2n) is 11.2. The Morgan fingerprint density at radius 1 is 0.333 bits per heavy atom. The van der Waals surface area contributed by atoms with E-state index in [1.165, 1.54) is 9.80 Å². The summed E-state index contributed by atoms with van der Waals surface area (Å²) < 4.78 is 12.1. The number of hydrogen-bond donors (Lipinski definition) is 0. The van der Waals surface area contributed by atoms with Gasteiger partial charge in [-0.05, 0) is 83.9 Å². The Hall–Kier alpha value is -6.80. The number of amides is 4. The van der Waals surface area contributed by atoms with Crippen LogP contribution in [0.3, 0.4) is 0 Å². The number of carbonyl (C=O) groups excluding carboxylic acids is 4. The second kappa shape index (κ2) is 11.5. The number of hydrogen-bond acceptors (Lipinski definition) is 6. The summed E-state index contributed by atoms with van der Waals surface area (Å²) >= 11 is 0. The summed E-state index contributed by atoms with van der Waals surface area (Å²) in [4.78, 5) is 54.0. The minimum atomic E-state index is -0.358. The average Bonchev–Trinajstić information content (AvgIpc) is 3.53. The molecule has 6 aromatic rings. The quantitative estimate of drug-likeness (QED) is 0.165. The third-order valence-electron chi connectivity index (χ3n) is 8.25. The predicted molar refractivity (Wildman–Crippen MR) is 180 cm³/mol. The number of benzene rings is 6. The van der Waals surface area contributed by atoms with Crippen LogP contribution in [0.1, 0.15) is 41.4 Å². The molecule has 0 bridgehead atoms. The molecule has 0 aromatic heterocycles. The van der Waals surface area contributed by atoms with Crippen LogP contribution in [0.4, 0.5) is 11.4 Å². The Balaban J connectivity index is 0.934. The van der Waals surface area contributed by atoms with Crippen LogP contribution in [0, 0.1) is 0 Å². The first-order valence-corrected chi connectivity index (χ1v) is 15.2. The van der Waals surface area contributed by atoms with Gasteiger partial charge in [-0.2, -0.15) is 0 Å². The molecule has 0 aliphatic carbocycles. The van der Waals surface area contributed by atoms with Gasteiger partial charge < -0.3 is 9.47 Å². The number of anilines is 2. The highest BCUT2D eigenvalue weighted by atomic mass is 16.5. The first kappa shape index (κ1) is 28.7. The van der Waals surface area contributed by atoms with E-state index in [0.29, 0.717) is 56.6 Å². The molecule has 0 fully saturated rings. The van der Waals surface area contributed by atoms with Gasteiger partial charge in [0.2, 0.25) is 0 Å². The number of ether oxygens (including phenoxy) is 2. The second-order valence-corrected chi connectivity index (χ2v) is 11.2. The molecule has 8 nitrogen and oxygen atoms in total. The lowest BCUT2D eigenvalue weighted by Gasteiger charge is -2.15. The molecule has 230 valence electrons. The lowest BCUT2D eigenvalue weighted by atomic mass is 10.1. The van der Waals surface area contributed by atoms with Crippen molar-refractivity contribution in [2.45, 2.75) is 0 Å². The maximum atomic E-state index is 12.9. The van der Waals surface area contributed by atoms with Crippen molar-refractivity contribution in [3.63, 3.8) is 0 Å². The van der Waals surface area contributed by atoms with Crippen molar-refractivity contribution in [1.29, 1.82) is 0 Å². The van der Waals surface area contributed by atoms with E-state index in [1.54, 1.807) is 97.1 Å². The molecule has 2 aliphatic heterocycles. The van der Waals surface area contributed by atoms with Crippen LogP contribution >= 0.6 is 0 Å². The van der Waals surface area contributed by atoms with E-state index >= 15 is 0 Å². The van der Waals surface area contributed by atoms with Gasteiger partial charge in [0.25, 0.3) is 23.6 Å². The Kier molecular flexibility index (Phi) is 6.88. The van der Waals surface area contributed by atoms with E-state index in [4.69, 9.17) is 9.47 Å². The SMILES string of the molecule is O=C1c2ccccc2C(=O)N1c1cccc(Oc2ccc(-c3ccc(Oc4cccc(N5C(=O)c6ccccc6C5=O)c4)cc3)cc2)c1. The van der Waals surface area contributed by atoms with Gasteiger partial charge in [-0.25, -0.2) is 9.80 Å². The molecule has 48 heavy (non-hydrogen) atoms. The first-order valence-electron chi connectivity index (χ1n) is 15.2. The summed E-state index contributed by atoms with van der Waals surface area (Å²) in [6.45, 7) is 0. The zero-order valence-electron chi connectivity index (χ0n) is 25.2. The maximum Gasteiger partial charge on any atom is 0.266 e. The fourth-order valence-electron chi connectivity index (χ4n) is 5.92. The molecule has 0 saturated carbocycles. The lowest BCUT2D eigenvalue weighted by Crippen LogP contribution is -2.29. The van der Waals surface area contributed by atoms with E-state index in [0.717, 1.165) is 11.1 Å². The van der Waals surface area contributed by atoms with Gasteiger partial charge in [-0.15, -0.1) is 0 Å². The van der Waals surface area contributed by atoms with Crippen molar-refractivity contribution in [2.75, 3.05) is 9.80 Å². The first-order chi connectivity index (χ1) is 23.4. The Morgan fingerprint density at radius 3 is 1.00 bits per heavy atom. The van der Waals surface area contributed by atoms with Gasteiger partial charge >= 0.3 is 0 Å². The molecule has 0 saturated heterocycles. The molecule has 0 N–H and O–H groups in total. The van der Waals surface area contributed by atoms with Crippen LogP contribution in [-0.2, 0) is 0 Å². The molecule has 4 amide bonds. The molecule has 2 aliphatic rings. The van der Waals surface area contributed by atoms with Crippen molar-refractivity contribution in [3.8, 4) is 34.1 Å². The standard InChI is InChI=1S/C40H24N2O6/c43-37-33-11-1-2-12-34(33)38(44)41(37)27-7-5-9-31(23-27)47-29-19-15-25(16-20-29)26-17-21-30(22-18-26)48-32-10-6-8-28(24-32)42-39(45)35-13-3-4-14-36(35)40(42)46/h1-24H. The van der Waals surface area contributed by atoms with Crippen molar-refractivity contribution in [1.82, 2.24) is 0 Å². The summed E-state index contributed by atoms with van der Waals surface area (Å²) in [5, 5.41) is 0. The fraction of sp³-hybridized carbons (Fsp3) is 0. The van der Waals surface area contributed by atoms with Crippen molar-refractivity contribution in [2.24, 2.45) is 0 Å². The summed E-state index contributed by atoms with van der Waals surface area (Å²) in [5.74, 6) is 0.738. The van der Waals surface area contributed by atoms with Gasteiger partial charge in [0.05, 0.1) is 33.6 Å². The molecule has 0 atom stereocenters. The maximum absolute atomic E-state index is 12.9. The number of nitrogens with zero attached hydrogens (tertiary/aromatic N) is 2. The molecule has 0 spiro atoms. The van der Waals surface area contributed by atoms with Crippen LogP contribution < -0.4 is 19.3 Å². The van der Waals surface area contributed by atoms with E-state index in [2.05, 4.69) is 0 Å². The number of fused-ring (bicyclic) bond motifs is 2. The van der Waals surface area contributed by atoms with Crippen LogP contribution in [0.15, 0.2) is 146 Å². The molecule has 0 radical (unpaired) electrons. The Morgan fingerprint density at radius 2 is 0.667 bits per heavy atom. The zero-order valence-corrected chi connectivity index (χ0v) is 25.2. The summed E-state index contributed by atoms with van der Waals surface area (Å²) in [7, 11) is 0. The Bertz CT molecular complexity index is 2040. The van der Waals surface area contributed by atoms with E-state index in [1.807, 2.05) is 48.5 Å². The van der Waals surface area contributed by atoms with Crippen molar-refractivity contribution >= 4 is 35.0 Å². The van der Waals surface area contributed by atoms with Crippen LogP contribution in [0.5, 0.6) is 23.0 Å². The van der Waals surface area contributed by atoms with Crippen LogP contribution in [-0.4, -0.2) is 23.6 Å². The van der Waals surface area contributed by atoms with Gasteiger partial charge in [-0.1, -0.05) is 60.7 Å². The third-order valence-corrected chi connectivity index (χ3v) is 8.25. The molecular weight excluding hydrogens is 604 g/mol.